The molecule has 0 aliphatic heterocycles. The van der Waals surface area contributed by atoms with E-state index in [1.165, 1.54) is 38.5 Å². The zero-order valence-electron chi connectivity index (χ0n) is 15.4. The topological polar surface area (TPSA) is 123 Å². The zero-order chi connectivity index (χ0) is 21.0. The second-order valence-electron chi connectivity index (χ2n) is 5.71. The maximum absolute atomic E-state index is 12.3. The Balaban J connectivity index is 1.73. The number of hydrogen-bond acceptors (Lipinski definition) is 7. The second kappa shape index (κ2) is 8.53. The Hall–Kier alpha value is -3.72. The Morgan fingerprint density at radius 1 is 1.03 bits per heavy atom. The summed E-state index contributed by atoms with van der Waals surface area (Å²) in [6.07, 6.45) is 0. The largest absolute Gasteiger partial charge is 0.507 e. The minimum Gasteiger partial charge on any atom is -0.507 e. The van der Waals surface area contributed by atoms with Crippen molar-refractivity contribution in [2.24, 2.45) is 0 Å². The third-order valence-corrected chi connectivity index (χ3v) is 4.14. The highest BCUT2D eigenvalue weighted by atomic mass is 35.5. The average molecular weight is 418 g/mol. The summed E-state index contributed by atoms with van der Waals surface area (Å²) in [4.78, 5) is 24.4. The van der Waals surface area contributed by atoms with Crippen LogP contribution >= 0.6 is 11.6 Å². The standard InChI is InChI=1S/C19H16ClN3O6/c1-27-11-4-6-16(28-2)13(8-11)17-9-14(23-29-17)19(26)22-21-18(25)12-7-10(20)3-5-15(12)24/h3-9,24H,1-2H3,(H,21,25)(H,22,26). The number of rotatable bonds is 5. The molecule has 3 rings (SSSR count). The highest BCUT2D eigenvalue weighted by molar-refractivity contribution is 6.31. The molecule has 2 aromatic carbocycles. The molecule has 9 nitrogen and oxygen atoms in total. The van der Waals surface area contributed by atoms with E-state index in [4.69, 9.17) is 25.6 Å². The average Bonchev–Trinajstić information content (AvgIpc) is 3.23. The van der Waals surface area contributed by atoms with Crippen LogP contribution in [0, 0.1) is 0 Å². The van der Waals surface area contributed by atoms with E-state index in [2.05, 4.69) is 16.0 Å². The molecular weight excluding hydrogens is 402 g/mol. The van der Waals surface area contributed by atoms with Gasteiger partial charge in [0.2, 0.25) is 0 Å². The van der Waals surface area contributed by atoms with E-state index < -0.39 is 11.8 Å². The number of methoxy groups -OCH3 is 2. The highest BCUT2D eigenvalue weighted by Crippen LogP contribution is 2.33. The fourth-order valence-corrected chi connectivity index (χ4v) is 2.62. The SMILES string of the molecule is COc1ccc(OC)c(-c2cc(C(=O)NNC(=O)c3cc(Cl)ccc3O)no2)c1. The van der Waals surface area contributed by atoms with Gasteiger partial charge in [-0.3, -0.25) is 20.4 Å². The minimum atomic E-state index is -0.753. The molecule has 0 aliphatic rings. The number of ether oxygens (including phenoxy) is 2. The summed E-state index contributed by atoms with van der Waals surface area (Å²) in [5.74, 6) is -0.427. The molecule has 2 amide bonds. The molecular formula is C19H16ClN3O6. The molecule has 0 fully saturated rings. The maximum Gasteiger partial charge on any atom is 0.291 e. The van der Waals surface area contributed by atoms with E-state index in [1.54, 1.807) is 18.2 Å². The van der Waals surface area contributed by atoms with Crippen LogP contribution in [-0.2, 0) is 0 Å². The summed E-state index contributed by atoms with van der Waals surface area (Å²) in [6.45, 7) is 0. The van der Waals surface area contributed by atoms with E-state index >= 15 is 0 Å². The number of benzene rings is 2. The van der Waals surface area contributed by atoms with Gasteiger partial charge in [0.1, 0.15) is 17.2 Å². The molecule has 0 saturated carbocycles. The van der Waals surface area contributed by atoms with Crippen LogP contribution in [0.25, 0.3) is 11.3 Å². The lowest BCUT2D eigenvalue weighted by molar-refractivity contribution is 0.0840. The molecule has 0 saturated heterocycles. The van der Waals surface area contributed by atoms with Crippen LogP contribution in [0.15, 0.2) is 47.0 Å². The first-order valence-corrected chi connectivity index (χ1v) is 8.59. The van der Waals surface area contributed by atoms with Crippen LogP contribution in [0.3, 0.4) is 0 Å². The van der Waals surface area contributed by atoms with Crippen molar-refractivity contribution in [2.75, 3.05) is 14.2 Å². The Labute approximate surface area is 170 Å². The number of aromatic nitrogens is 1. The van der Waals surface area contributed by atoms with E-state index in [-0.39, 0.29) is 27.8 Å². The highest BCUT2D eigenvalue weighted by Gasteiger charge is 2.19. The number of hydrazine groups is 1. The molecule has 0 aliphatic carbocycles. The molecule has 0 bridgehead atoms. The Morgan fingerprint density at radius 2 is 1.79 bits per heavy atom. The number of carbonyl (C=O) groups is 2. The number of nitrogens with one attached hydrogen (secondary N) is 2. The summed E-state index contributed by atoms with van der Waals surface area (Å²) in [5, 5.41) is 13.7. The lowest BCUT2D eigenvalue weighted by atomic mass is 10.1. The van der Waals surface area contributed by atoms with Gasteiger partial charge in [-0.2, -0.15) is 0 Å². The van der Waals surface area contributed by atoms with Crippen molar-refractivity contribution < 1.29 is 28.7 Å². The number of phenolic OH excluding ortho intramolecular Hbond substituents is 1. The van der Waals surface area contributed by atoms with E-state index in [1.807, 2.05) is 0 Å². The van der Waals surface area contributed by atoms with Crippen molar-refractivity contribution in [3.8, 4) is 28.6 Å². The van der Waals surface area contributed by atoms with Crippen molar-refractivity contribution in [3.63, 3.8) is 0 Å². The number of phenols is 1. The normalized spacial score (nSPS) is 10.3. The second-order valence-corrected chi connectivity index (χ2v) is 6.15. The fourth-order valence-electron chi connectivity index (χ4n) is 2.45. The molecule has 10 heteroatoms. The smallest absolute Gasteiger partial charge is 0.291 e. The number of aromatic hydroxyl groups is 1. The van der Waals surface area contributed by atoms with Gasteiger partial charge in [0.05, 0.1) is 25.3 Å². The third kappa shape index (κ3) is 4.41. The quantitative estimate of drug-likeness (QED) is 0.545. The van der Waals surface area contributed by atoms with Crippen LogP contribution in [0.1, 0.15) is 20.8 Å². The maximum atomic E-state index is 12.3. The van der Waals surface area contributed by atoms with Crippen molar-refractivity contribution >= 4 is 23.4 Å². The Kier molecular flexibility index (Phi) is 5.89. The Morgan fingerprint density at radius 3 is 2.52 bits per heavy atom. The van der Waals surface area contributed by atoms with E-state index in [0.29, 0.717) is 17.1 Å². The summed E-state index contributed by atoms with van der Waals surface area (Å²) < 4.78 is 15.7. The first-order chi connectivity index (χ1) is 13.9. The van der Waals surface area contributed by atoms with Crippen LogP contribution in [0.4, 0.5) is 0 Å². The van der Waals surface area contributed by atoms with E-state index in [0.717, 1.165) is 0 Å². The summed E-state index contributed by atoms with van der Waals surface area (Å²) in [6, 6.07) is 10.4. The zero-order valence-corrected chi connectivity index (χ0v) is 16.1. The molecule has 29 heavy (non-hydrogen) atoms. The molecule has 3 N–H and O–H groups in total. The monoisotopic (exact) mass is 417 g/mol. The minimum absolute atomic E-state index is 0.0829. The molecule has 1 aromatic heterocycles. The summed E-state index contributed by atoms with van der Waals surface area (Å²) in [7, 11) is 3.02. The van der Waals surface area contributed by atoms with Crippen molar-refractivity contribution in [1.29, 1.82) is 0 Å². The van der Waals surface area contributed by atoms with Gasteiger partial charge in [-0.15, -0.1) is 0 Å². The summed E-state index contributed by atoms with van der Waals surface area (Å²) in [5.41, 5.74) is 4.71. The number of halogens is 1. The number of amides is 2. The van der Waals surface area contributed by atoms with Crippen LogP contribution in [0.5, 0.6) is 17.2 Å². The predicted octanol–water partition coefficient (Wildman–Crippen LogP) is 2.79. The van der Waals surface area contributed by atoms with Gasteiger partial charge in [-0.1, -0.05) is 16.8 Å². The van der Waals surface area contributed by atoms with Crippen LogP contribution in [0.2, 0.25) is 5.02 Å². The van der Waals surface area contributed by atoms with E-state index in [9.17, 15) is 14.7 Å². The van der Waals surface area contributed by atoms with Gasteiger partial charge in [-0.05, 0) is 36.4 Å². The molecule has 0 atom stereocenters. The first-order valence-electron chi connectivity index (χ1n) is 8.21. The fraction of sp³-hybridized carbons (Fsp3) is 0.105. The predicted molar refractivity (Wildman–Crippen MR) is 103 cm³/mol. The Bertz CT molecular complexity index is 1070. The molecule has 3 aromatic rings. The lowest BCUT2D eigenvalue weighted by Crippen LogP contribution is -2.41. The lowest BCUT2D eigenvalue weighted by Gasteiger charge is -2.08. The molecule has 150 valence electrons. The molecule has 1 heterocycles. The van der Waals surface area contributed by atoms with Crippen molar-refractivity contribution in [1.82, 2.24) is 16.0 Å². The van der Waals surface area contributed by atoms with Crippen molar-refractivity contribution in [2.45, 2.75) is 0 Å². The van der Waals surface area contributed by atoms with Gasteiger partial charge < -0.3 is 19.1 Å². The number of hydrogen-bond donors (Lipinski definition) is 3. The number of nitrogens with zero attached hydrogens (tertiary/aromatic N) is 1. The van der Waals surface area contributed by atoms with Gasteiger partial charge >= 0.3 is 0 Å². The number of carbonyl (C=O) groups excluding carboxylic acids is 2. The van der Waals surface area contributed by atoms with Crippen LogP contribution < -0.4 is 20.3 Å². The first kappa shape index (κ1) is 20.0. The third-order valence-electron chi connectivity index (χ3n) is 3.91. The van der Waals surface area contributed by atoms with Gasteiger partial charge in [0.25, 0.3) is 11.8 Å². The molecule has 0 unspecified atom stereocenters. The van der Waals surface area contributed by atoms with Gasteiger partial charge in [0.15, 0.2) is 11.5 Å². The van der Waals surface area contributed by atoms with Gasteiger partial charge in [-0.25, -0.2) is 0 Å². The molecule has 0 radical (unpaired) electrons. The summed E-state index contributed by atoms with van der Waals surface area (Å²) >= 11 is 5.81. The van der Waals surface area contributed by atoms with Crippen molar-refractivity contribution in [3.05, 3.63) is 58.7 Å². The molecule has 0 spiro atoms. The van der Waals surface area contributed by atoms with Crippen LogP contribution in [-0.4, -0.2) is 36.3 Å². The van der Waals surface area contributed by atoms with Gasteiger partial charge in [0, 0.05) is 11.1 Å².